The lowest BCUT2D eigenvalue weighted by Gasteiger charge is -2.17. The highest BCUT2D eigenvalue weighted by Gasteiger charge is 2.18. The Morgan fingerprint density at radius 2 is 1.83 bits per heavy atom. The Morgan fingerprint density at radius 3 is 2.39 bits per heavy atom. The van der Waals surface area contributed by atoms with E-state index in [1.165, 1.54) is 18.2 Å². The lowest BCUT2D eigenvalue weighted by molar-refractivity contribution is -0.384. The molecule has 0 heterocycles. The van der Waals surface area contributed by atoms with Crippen LogP contribution in [0, 0.1) is 21.7 Å². The second-order valence-electron chi connectivity index (χ2n) is 4.94. The Morgan fingerprint density at radius 1 is 1.13 bits per heavy atom. The van der Waals surface area contributed by atoms with Crippen LogP contribution in [0.15, 0.2) is 36.4 Å². The van der Waals surface area contributed by atoms with Crippen molar-refractivity contribution in [2.75, 3.05) is 24.3 Å². The molecule has 23 heavy (non-hydrogen) atoms. The molecule has 0 aromatic heterocycles. The largest absolute Gasteiger partial charge is 0.377 e. The lowest BCUT2D eigenvalue weighted by Crippen LogP contribution is -2.19. The van der Waals surface area contributed by atoms with E-state index in [1.54, 1.807) is 19.0 Å². The molecule has 8 heteroatoms. The van der Waals surface area contributed by atoms with Gasteiger partial charge in [-0.05, 0) is 18.2 Å². The molecule has 2 aromatic rings. The molecule has 1 amide bonds. The van der Waals surface area contributed by atoms with Crippen molar-refractivity contribution in [1.82, 2.24) is 0 Å². The van der Waals surface area contributed by atoms with Crippen molar-refractivity contribution >= 4 is 23.0 Å². The molecule has 0 atom stereocenters. The average Bonchev–Trinajstić information content (AvgIpc) is 2.50. The average molecular weight is 321 g/mol. The minimum absolute atomic E-state index is 0.0464. The van der Waals surface area contributed by atoms with Crippen LogP contribution in [0.1, 0.15) is 10.4 Å². The van der Waals surface area contributed by atoms with Gasteiger partial charge in [-0.25, -0.2) is 8.78 Å². The molecular formula is C15H13F2N3O3. The van der Waals surface area contributed by atoms with Gasteiger partial charge in [-0.2, -0.15) is 0 Å². The first-order valence-electron chi connectivity index (χ1n) is 6.51. The minimum atomic E-state index is -1.10. The number of rotatable bonds is 4. The molecule has 0 saturated heterocycles. The van der Waals surface area contributed by atoms with Crippen molar-refractivity contribution in [1.29, 1.82) is 0 Å². The van der Waals surface area contributed by atoms with E-state index in [-0.39, 0.29) is 16.9 Å². The summed E-state index contributed by atoms with van der Waals surface area (Å²) in [6.07, 6.45) is 0. The van der Waals surface area contributed by atoms with E-state index in [0.717, 1.165) is 18.2 Å². The van der Waals surface area contributed by atoms with Gasteiger partial charge in [0, 0.05) is 43.7 Å². The Hall–Kier alpha value is -3.03. The highest BCUT2D eigenvalue weighted by Crippen LogP contribution is 2.25. The number of amides is 1. The summed E-state index contributed by atoms with van der Waals surface area (Å²) in [4.78, 5) is 24.2. The highest BCUT2D eigenvalue weighted by molar-refractivity contribution is 6.08. The zero-order chi connectivity index (χ0) is 17.1. The SMILES string of the molecule is CN(C)c1ccc([N+](=O)[O-])cc1C(=O)Nc1ccc(F)c(F)c1. The molecule has 0 bridgehead atoms. The van der Waals surface area contributed by atoms with Crippen LogP contribution < -0.4 is 10.2 Å². The fraction of sp³-hybridized carbons (Fsp3) is 0.133. The summed E-state index contributed by atoms with van der Waals surface area (Å²) in [6, 6.07) is 6.76. The van der Waals surface area contributed by atoms with Crippen LogP contribution in [0.4, 0.5) is 25.8 Å². The zero-order valence-corrected chi connectivity index (χ0v) is 12.3. The number of carbonyl (C=O) groups is 1. The highest BCUT2D eigenvalue weighted by atomic mass is 19.2. The first-order valence-corrected chi connectivity index (χ1v) is 6.51. The molecule has 0 unspecified atom stereocenters. The number of nitrogens with zero attached hydrogens (tertiary/aromatic N) is 2. The second kappa shape index (κ2) is 6.39. The van der Waals surface area contributed by atoms with Crippen molar-refractivity contribution < 1.29 is 18.5 Å². The number of hydrogen-bond donors (Lipinski definition) is 1. The Bertz CT molecular complexity index is 779. The van der Waals surface area contributed by atoms with Gasteiger partial charge in [-0.1, -0.05) is 0 Å². The molecule has 2 rings (SSSR count). The van der Waals surface area contributed by atoms with Crippen molar-refractivity contribution in [3.05, 3.63) is 63.7 Å². The van der Waals surface area contributed by atoms with Crippen LogP contribution in [0.3, 0.4) is 0 Å². The number of benzene rings is 2. The van der Waals surface area contributed by atoms with Crippen molar-refractivity contribution in [2.45, 2.75) is 0 Å². The van der Waals surface area contributed by atoms with E-state index in [2.05, 4.69) is 5.32 Å². The van der Waals surface area contributed by atoms with E-state index in [9.17, 15) is 23.7 Å². The normalized spacial score (nSPS) is 10.3. The molecule has 0 aliphatic carbocycles. The first-order chi connectivity index (χ1) is 10.8. The number of nitro benzene ring substituents is 1. The fourth-order valence-electron chi connectivity index (χ4n) is 1.98. The van der Waals surface area contributed by atoms with Crippen LogP contribution in [0.5, 0.6) is 0 Å². The van der Waals surface area contributed by atoms with Crippen LogP contribution in [0.2, 0.25) is 0 Å². The van der Waals surface area contributed by atoms with Crippen LogP contribution in [-0.2, 0) is 0 Å². The van der Waals surface area contributed by atoms with Gasteiger partial charge in [0.1, 0.15) is 0 Å². The van der Waals surface area contributed by atoms with Crippen LogP contribution >= 0.6 is 0 Å². The number of anilines is 2. The molecule has 120 valence electrons. The van der Waals surface area contributed by atoms with E-state index < -0.39 is 22.5 Å². The topological polar surface area (TPSA) is 75.5 Å². The third-order valence-electron chi connectivity index (χ3n) is 3.09. The summed E-state index contributed by atoms with van der Waals surface area (Å²) < 4.78 is 26.1. The van der Waals surface area contributed by atoms with E-state index in [0.29, 0.717) is 5.69 Å². The van der Waals surface area contributed by atoms with Gasteiger partial charge in [-0.15, -0.1) is 0 Å². The molecule has 1 N–H and O–H groups in total. The van der Waals surface area contributed by atoms with Gasteiger partial charge in [-0.3, -0.25) is 14.9 Å². The van der Waals surface area contributed by atoms with E-state index >= 15 is 0 Å². The zero-order valence-electron chi connectivity index (χ0n) is 12.3. The summed E-state index contributed by atoms with van der Waals surface area (Å²) in [5.74, 6) is -2.80. The van der Waals surface area contributed by atoms with Crippen LogP contribution in [-0.4, -0.2) is 24.9 Å². The van der Waals surface area contributed by atoms with Gasteiger partial charge < -0.3 is 10.2 Å². The quantitative estimate of drug-likeness (QED) is 0.693. The van der Waals surface area contributed by atoms with Gasteiger partial charge >= 0.3 is 0 Å². The summed E-state index contributed by atoms with van der Waals surface area (Å²) in [7, 11) is 3.35. The third-order valence-corrected chi connectivity index (χ3v) is 3.09. The molecule has 0 fully saturated rings. The number of halogens is 2. The summed E-state index contributed by atoms with van der Waals surface area (Å²) in [5, 5.41) is 13.3. The number of non-ortho nitro benzene ring substituents is 1. The smallest absolute Gasteiger partial charge is 0.270 e. The molecule has 2 aromatic carbocycles. The van der Waals surface area contributed by atoms with Crippen LogP contribution in [0.25, 0.3) is 0 Å². The second-order valence-corrected chi connectivity index (χ2v) is 4.94. The summed E-state index contributed by atoms with van der Waals surface area (Å²) in [6.45, 7) is 0. The maximum absolute atomic E-state index is 13.2. The first kappa shape index (κ1) is 16.3. The standard InChI is InChI=1S/C15H13F2N3O3/c1-19(2)14-6-4-10(20(22)23)8-11(14)15(21)18-9-3-5-12(16)13(17)7-9/h3-8H,1-2H3,(H,18,21). The Kier molecular flexibility index (Phi) is 4.54. The molecule has 0 saturated carbocycles. The van der Waals surface area contributed by atoms with E-state index in [4.69, 9.17) is 0 Å². The summed E-state index contributed by atoms with van der Waals surface area (Å²) >= 11 is 0. The molecule has 0 aliphatic heterocycles. The number of hydrogen-bond acceptors (Lipinski definition) is 4. The van der Waals surface area contributed by atoms with Gasteiger partial charge in [0.25, 0.3) is 11.6 Å². The maximum atomic E-state index is 13.2. The number of carbonyl (C=O) groups excluding carboxylic acids is 1. The van der Waals surface area contributed by atoms with Gasteiger partial charge in [0.15, 0.2) is 11.6 Å². The predicted molar refractivity (Wildman–Crippen MR) is 81.7 cm³/mol. The predicted octanol–water partition coefficient (Wildman–Crippen LogP) is 3.19. The van der Waals surface area contributed by atoms with Crippen molar-refractivity contribution in [3.8, 4) is 0 Å². The van der Waals surface area contributed by atoms with Crippen molar-refractivity contribution in [3.63, 3.8) is 0 Å². The fourth-order valence-corrected chi connectivity index (χ4v) is 1.98. The number of nitro groups is 1. The maximum Gasteiger partial charge on any atom is 0.270 e. The third kappa shape index (κ3) is 3.60. The van der Waals surface area contributed by atoms with E-state index in [1.807, 2.05) is 0 Å². The van der Waals surface area contributed by atoms with Crippen molar-refractivity contribution in [2.24, 2.45) is 0 Å². The molecule has 0 radical (unpaired) electrons. The van der Waals surface area contributed by atoms with Gasteiger partial charge in [0.2, 0.25) is 0 Å². The monoisotopic (exact) mass is 321 g/mol. The molecule has 6 nitrogen and oxygen atoms in total. The summed E-state index contributed by atoms with van der Waals surface area (Å²) in [5.41, 5.74) is 0.306. The molecular weight excluding hydrogens is 308 g/mol. The molecule has 0 aliphatic rings. The Labute approximate surface area is 130 Å². The minimum Gasteiger partial charge on any atom is -0.377 e. The lowest BCUT2D eigenvalue weighted by atomic mass is 10.1. The molecule has 0 spiro atoms. The Balaban J connectivity index is 2.38. The van der Waals surface area contributed by atoms with Gasteiger partial charge in [0.05, 0.1) is 10.5 Å². The number of nitrogens with one attached hydrogen (secondary N) is 1.